The second-order valence-corrected chi connectivity index (χ2v) is 3.19. The van der Waals surface area contributed by atoms with Gasteiger partial charge >= 0.3 is 5.97 Å². The lowest BCUT2D eigenvalue weighted by molar-refractivity contribution is -0.147. The first-order valence-corrected chi connectivity index (χ1v) is 4.76. The molecule has 0 aliphatic carbocycles. The van der Waals surface area contributed by atoms with E-state index in [4.69, 9.17) is 19.3 Å². The topological polar surface area (TPSA) is 85.2 Å². The summed E-state index contributed by atoms with van der Waals surface area (Å²) < 4.78 is 15.0. The van der Waals surface area contributed by atoms with Crippen molar-refractivity contribution >= 4 is 5.97 Å². The lowest BCUT2D eigenvalue weighted by atomic mass is 10.1. The first kappa shape index (κ1) is 13.1. The highest BCUT2D eigenvalue weighted by atomic mass is 16.5. The number of hydrogen-bond acceptors (Lipinski definition) is 5. The second kappa shape index (κ2) is 5.40. The van der Waals surface area contributed by atoms with Crippen LogP contribution >= 0.6 is 0 Å². The summed E-state index contributed by atoms with van der Waals surface area (Å²) in [5.41, 5.74) is 0.0586. The van der Waals surface area contributed by atoms with Gasteiger partial charge in [-0.1, -0.05) is 0 Å². The van der Waals surface area contributed by atoms with Crippen LogP contribution in [0.25, 0.3) is 0 Å². The number of rotatable bonds is 5. The molecule has 0 radical (unpaired) electrons. The minimum absolute atomic E-state index is 0.0586. The Morgan fingerprint density at radius 2 is 1.59 bits per heavy atom. The van der Waals surface area contributed by atoms with E-state index < -0.39 is 12.1 Å². The second-order valence-electron chi connectivity index (χ2n) is 3.19. The zero-order valence-electron chi connectivity index (χ0n) is 9.76. The van der Waals surface area contributed by atoms with Crippen molar-refractivity contribution in [3.05, 3.63) is 17.7 Å². The van der Waals surface area contributed by atoms with E-state index >= 15 is 0 Å². The highest BCUT2D eigenvalue weighted by Gasteiger charge is 2.25. The summed E-state index contributed by atoms with van der Waals surface area (Å²) >= 11 is 0. The number of methoxy groups -OCH3 is 3. The number of aliphatic hydroxyl groups is 1. The largest absolute Gasteiger partial charge is 0.496 e. The number of aliphatic hydroxyl groups excluding tert-OH is 1. The molecule has 17 heavy (non-hydrogen) atoms. The molecule has 2 N–H and O–H groups in total. The maximum Gasteiger partial charge on any atom is 0.337 e. The third-order valence-electron chi connectivity index (χ3n) is 2.26. The monoisotopic (exact) mass is 242 g/mol. The van der Waals surface area contributed by atoms with Crippen LogP contribution in [0.1, 0.15) is 11.7 Å². The minimum atomic E-state index is -1.72. The molecule has 1 aromatic carbocycles. The third-order valence-corrected chi connectivity index (χ3v) is 2.26. The number of carboxylic acids is 1. The van der Waals surface area contributed by atoms with Crippen LogP contribution < -0.4 is 14.2 Å². The zero-order valence-corrected chi connectivity index (χ0v) is 9.76. The summed E-state index contributed by atoms with van der Waals surface area (Å²) in [7, 11) is 4.19. The van der Waals surface area contributed by atoms with E-state index in [1.54, 1.807) is 0 Å². The Labute approximate surface area is 98.3 Å². The molecule has 1 atom stereocenters. The smallest absolute Gasteiger partial charge is 0.337 e. The quantitative estimate of drug-likeness (QED) is 0.795. The number of benzene rings is 1. The Balaban J connectivity index is 3.39. The van der Waals surface area contributed by atoms with Crippen LogP contribution in [-0.4, -0.2) is 37.5 Å². The van der Waals surface area contributed by atoms with Gasteiger partial charge in [-0.15, -0.1) is 0 Å². The van der Waals surface area contributed by atoms with E-state index in [1.807, 2.05) is 0 Å². The summed E-state index contributed by atoms with van der Waals surface area (Å²) in [6.45, 7) is 0. The lowest BCUT2D eigenvalue weighted by Crippen LogP contribution is -2.13. The maximum atomic E-state index is 10.8. The fourth-order valence-corrected chi connectivity index (χ4v) is 1.43. The van der Waals surface area contributed by atoms with Crippen molar-refractivity contribution in [1.29, 1.82) is 0 Å². The normalized spacial score (nSPS) is 11.8. The van der Waals surface area contributed by atoms with Crippen LogP contribution in [0.2, 0.25) is 0 Å². The van der Waals surface area contributed by atoms with Crippen LogP contribution in [0.4, 0.5) is 0 Å². The number of aliphatic carboxylic acids is 1. The molecule has 6 nitrogen and oxygen atoms in total. The van der Waals surface area contributed by atoms with Gasteiger partial charge in [-0.3, -0.25) is 0 Å². The van der Waals surface area contributed by atoms with E-state index in [0.29, 0.717) is 5.75 Å². The first-order valence-electron chi connectivity index (χ1n) is 4.76. The highest BCUT2D eigenvalue weighted by Crippen LogP contribution is 2.38. The summed E-state index contributed by atoms with van der Waals surface area (Å²) in [5.74, 6) is -0.556. The van der Waals surface area contributed by atoms with Crippen molar-refractivity contribution in [2.45, 2.75) is 6.10 Å². The van der Waals surface area contributed by atoms with Gasteiger partial charge in [0.05, 0.1) is 26.9 Å². The molecular weight excluding hydrogens is 228 g/mol. The van der Waals surface area contributed by atoms with E-state index in [0.717, 1.165) is 0 Å². The number of carboxylic acid groups (broad SMARTS) is 1. The van der Waals surface area contributed by atoms with Gasteiger partial charge in [0.2, 0.25) is 0 Å². The van der Waals surface area contributed by atoms with Gasteiger partial charge in [0.15, 0.2) is 6.10 Å². The molecule has 0 saturated heterocycles. The van der Waals surface area contributed by atoms with Crippen LogP contribution in [-0.2, 0) is 4.79 Å². The third kappa shape index (κ3) is 2.59. The molecule has 0 heterocycles. The van der Waals surface area contributed by atoms with E-state index in [1.165, 1.54) is 33.5 Å². The average Bonchev–Trinajstić information content (AvgIpc) is 2.35. The number of hydrogen-bond donors (Lipinski definition) is 2. The van der Waals surface area contributed by atoms with Gasteiger partial charge in [0.1, 0.15) is 17.2 Å². The summed E-state index contributed by atoms with van der Waals surface area (Å²) in [5, 5.41) is 18.4. The fraction of sp³-hybridized carbons (Fsp3) is 0.364. The molecule has 0 aliphatic heterocycles. The summed E-state index contributed by atoms with van der Waals surface area (Å²) in [6, 6.07) is 2.95. The van der Waals surface area contributed by atoms with Crippen molar-refractivity contribution in [3.63, 3.8) is 0 Å². The molecule has 0 unspecified atom stereocenters. The SMILES string of the molecule is COc1cc(OC)c([C@@H](O)C(=O)O)c(OC)c1. The van der Waals surface area contributed by atoms with Gasteiger partial charge in [-0.25, -0.2) is 4.79 Å². The van der Waals surface area contributed by atoms with Crippen molar-refractivity contribution in [2.75, 3.05) is 21.3 Å². The van der Waals surface area contributed by atoms with Gasteiger partial charge in [-0.05, 0) is 0 Å². The molecule has 0 saturated carbocycles. The Hall–Kier alpha value is -1.95. The number of ether oxygens (including phenoxy) is 3. The predicted octanol–water partition coefficient (Wildman–Crippen LogP) is 0.830. The summed E-state index contributed by atoms with van der Waals surface area (Å²) in [6.07, 6.45) is -1.72. The van der Waals surface area contributed by atoms with Crippen LogP contribution in [0.15, 0.2) is 12.1 Å². The zero-order chi connectivity index (χ0) is 13.0. The average molecular weight is 242 g/mol. The number of carbonyl (C=O) groups is 1. The molecule has 0 aromatic heterocycles. The minimum Gasteiger partial charge on any atom is -0.496 e. The van der Waals surface area contributed by atoms with Gasteiger partial charge in [0.25, 0.3) is 0 Å². The first-order chi connectivity index (χ1) is 8.04. The molecular formula is C11H14O6. The Kier molecular flexibility index (Phi) is 4.17. The Morgan fingerprint density at radius 3 is 1.88 bits per heavy atom. The van der Waals surface area contributed by atoms with Crippen molar-refractivity contribution in [1.82, 2.24) is 0 Å². The summed E-state index contributed by atoms with van der Waals surface area (Å²) in [4.78, 5) is 10.8. The van der Waals surface area contributed by atoms with Gasteiger partial charge in [-0.2, -0.15) is 0 Å². The van der Waals surface area contributed by atoms with Crippen molar-refractivity contribution in [2.24, 2.45) is 0 Å². The van der Waals surface area contributed by atoms with Crippen LogP contribution in [0, 0.1) is 0 Å². The fourth-order valence-electron chi connectivity index (χ4n) is 1.43. The van der Waals surface area contributed by atoms with Crippen LogP contribution in [0.5, 0.6) is 17.2 Å². The van der Waals surface area contributed by atoms with Crippen molar-refractivity contribution < 1.29 is 29.2 Å². The molecule has 0 bridgehead atoms. The Morgan fingerprint density at radius 1 is 1.12 bits per heavy atom. The highest BCUT2D eigenvalue weighted by molar-refractivity contribution is 5.77. The van der Waals surface area contributed by atoms with E-state index in [2.05, 4.69) is 0 Å². The van der Waals surface area contributed by atoms with Crippen molar-refractivity contribution in [3.8, 4) is 17.2 Å². The molecule has 1 rings (SSSR count). The molecule has 6 heteroatoms. The standard InChI is InChI=1S/C11H14O6/c1-15-6-4-7(16-2)9(8(5-6)17-3)10(12)11(13)14/h4-5,10,12H,1-3H3,(H,13,14)/t10-/m1/s1. The molecule has 1 aromatic rings. The molecule has 0 fully saturated rings. The predicted molar refractivity (Wildman–Crippen MR) is 58.7 cm³/mol. The van der Waals surface area contributed by atoms with E-state index in [-0.39, 0.29) is 17.1 Å². The van der Waals surface area contributed by atoms with Gasteiger partial charge in [0, 0.05) is 12.1 Å². The molecule has 0 amide bonds. The van der Waals surface area contributed by atoms with Crippen LogP contribution in [0.3, 0.4) is 0 Å². The maximum absolute atomic E-state index is 10.8. The molecule has 0 aliphatic rings. The Bertz CT molecular complexity index is 389. The molecule has 94 valence electrons. The van der Waals surface area contributed by atoms with Gasteiger partial charge < -0.3 is 24.4 Å². The molecule has 0 spiro atoms. The lowest BCUT2D eigenvalue weighted by Gasteiger charge is -2.16. The van der Waals surface area contributed by atoms with E-state index in [9.17, 15) is 9.90 Å².